The molecule has 1 saturated heterocycles. The van der Waals surface area contributed by atoms with Gasteiger partial charge < -0.3 is 20.3 Å². The third-order valence-electron chi connectivity index (χ3n) is 4.10. The van der Waals surface area contributed by atoms with Gasteiger partial charge in [0.25, 0.3) is 0 Å². The van der Waals surface area contributed by atoms with Crippen LogP contribution in [0.1, 0.15) is 64.4 Å². The fraction of sp³-hybridized carbons (Fsp3) is 0.611. The lowest BCUT2D eigenvalue weighted by molar-refractivity contribution is -0.117. The summed E-state index contributed by atoms with van der Waals surface area (Å²) in [5.41, 5.74) is 1.11. The number of carbonyl (C=O) groups excluding carboxylic acids is 1. The van der Waals surface area contributed by atoms with Crippen molar-refractivity contribution in [3.8, 4) is 11.5 Å². The number of benzene rings is 1. The molecule has 2 rings (SSSR count). The van der Waals surface area contributed by atoms with Crippen LogP contribution in [0.15, 0.2) is 18.2 Å². The van der Waals surface area contributed by atoms with Gasteiger partial charge in [0.05, 0.1) is 0 Å². The van der Waals surface area contributed by atoms with Gasteiger partial charge in [-0.2, -0.15) is 0 Å². The lowest BCUT2D eigenvalue weighted by atomic mass is 9.90. The second-order valence-electron chi connectivity index (χ2n) is 5.92. The van der Waals surface area contributed by atoms with Gasteiger partial charge in [-0.05, 0) is 50.4 Å². The molecule has 2 unspecified atom stereocenters. The van der Waals surface area contributed by atoms with Crippen molar-refractivity contribution in [3.05, 3.63) is 23.8 Å². The monoisotopic (exact) mass is 307 g/mol. The summed E-state index contributed by atoms with van der Waals surface area (Å²) in [5, 5.41) is 22.1. The Morgan fingerprint density at radius 2 is 2.00 bits per heavy atom. The van der Waals surface area contributed by atoms with Crippen LogP contribution in [0.4, 0.5) is 0 Å². The molecule has 124 valence electrons. The van der Waals surface area contributed by atoms with Crippen LogP contribution < -0.4 is 5.32 Å². The number of hydrogen-bond acceptors (Lipinski definition) is 4. The van der Waals surface area contributed by atoms with Crippen molar-refractivity contribution in [2.45, 2.75) is 64.8 Å². The minimum absolute atomic E-state index is 0.0192. The molecule has 1 fully saturated rings. The van der Waals surface area contributed by atoms with Crippen LogP contribution in [-0.4, -0.2) is 28.6 Å². The number of rotatable bonds is 5. The van der Waals surface area contributed by atoms with Gasteiger partial charge in [-0.25, -0.2) is 0 Å². The van der Waals surface area contributed by atoms with Crippen molar-refractivity contribution in [1.29, 1.82) is 0 Å². The Kier molecular flexibility index (Phi) is 7.96. The number of nitrogens with one attached hydrogen (secondary N) is 1. The Bertz CT molecular complexity index is 473. The maximum Gasteiger partial charge on any atom is 0.157 e. The van der Waals surface area contributed by atoms with E-state index in [1.54, 1.807) is 19.1 Å². The first-order valence-corrected chi connectivity index (χ1v) is 8.24. The van der Waals surface area contributed by atoms with E-state index in [-0.39, 0.29) is 11.5 Å². The Labute approximate surface area is 133 Å². The second-order valence-corrected chi connectivity index (χ2v) is 5.92. The van der Waals surface area contributed by atoms with Crippen LogP contribution in [0.3, 0.4) is 0 Å². The number of phenols is 2. The van der Waals surface area contributed by atoms with Crippen LogP contribution in [0, 0.1) is 0 Å². The SMILES string of the molecule is CCC1NCCC1c1ccc(O)c(O)c1.CCCCC(C)=O. The maximum atomic E-state index is 10.2. The van der Waals surface area contributed by atoms with Crippen LogP contribution in [0.25, 0.3) is 0 Å². The molecule has 0 radical (unpaired) electrons. The first-order chi connectivity index (χ1) is 10.5. The van der Waals surface area contributed by atoms with E-state index >= 15 is 0 Å². The van der Waals surface area contributed by atoms with Crippen LogP contribution >= 0.6 is 0 Å². The molecule has 0 bridgehead atoms. The van der Waals surface area contributed by atoms with E-state index in [4.69, 9.17) is 0 Å². The van der Waals surface area contributed by atoms with Crippen molar-refractivity contribution >= 4 is 5.78 Å². The summed E-state index contributed by atoms with van der Waals surface area (Å²) in [6.07, 6.45) is 5.13. The van der Waals surface area contributed by atoms with Crippen molar-refractivity contribution in [2.24, 2.45) is 0 Å². The molecule has 0 aromatic heterocycles. The van der Waals surface area contributed by atoms with Gasteiger partial charge in [-0.1, -0.05) is 26.3 Å². The average molecular weight is 307 g/mol. The van der Waals surface area contributed by atoms with Crippen LogP contribution in [0.5, 0.6) is 11.5 Å². The summed E-state index contributed by atoms with van der Waals surface area (Å²) in [5.74, 6) is 0.704. The summed E-state index contributed by atoms with van der Waals surface area (Å²) in [7, 11) is 0. The topological polar surface area (TPSA) is 69.6 Å². The molecule has 2 atom stereocenters. The maximum absolute atomic E-state index is 10.2. The zero-order valence-electron chi connectivity index (χ0n) is 13.9. The first-order valence-electron chi connectivity index (χ1n) is 8.24. The molecule has 0 spiro atoms. The number of hydrogen-bond donors (Lipinski definition) is 3. The third-order valence-corrected chi connectivity index (χ3v) is 4.10. The smallest absolute Gasteiger partial charge is 0.157 e. The molecule has 1 aromatic rings. The van der Waals surface area contributed by atoms with E-state index in [0.717, 1.165) is 44.2 Å². The fourth-order valence-corrected chi connectivity index (χ4v) is 2.79. The number of unbranched alkanes of at least 4 members (excludes halogenated alkanes) is 1. The zero-order valence-corrected chi connectivity index (χ0v) is 13.9. The van der Waals surface area contributed by atoms with Gasteiger partial charge in [0.2, 0.25) is 0 Å². The molecular weight excluding hydrogens is 278 g/mol. The van der Waals surface area contributed by atoms with Gasteiger partial charge in [-0.15, -0.1) is 0 Å². The van der Waals surface area contributed by atoms with Crippen LogP contribution in [0.2, 0.25) is 0 Å². The highest BCUT2D eigenvalue weighted by Gasteiger charge is 2.26. The fourth-order valence-electron chi connectivity index (χ4n) is 2.79. The molecule has 4 heteroatoms. The Morgan fingerprint density at radius 3 is 2.50 bits per heavy atom. The van der Waals surface area contributed by atoms with Crippen LogP contribution in [-0.2, 0) is 4.79 Å². The van der Waals surface area contributed by atoms with E-state index in [1.165, 1.54) is 0 Å². The molecule has 22 heavy (non-hydrogen) atoms. The zero-order chi connectivity index (χ0) is 16.5. The average Bonchev–Trinajstić information content (AvgIpc) is 2.97. The van der Waals surface area contributed by atoms with E-state index in [9.17, 15) is 15.0 Å². The molecule has 0 aliphatic carbocycles. The van der Waals surface area contributed by atoms with E-state index < -0.39 is 0 Å². The van der Waals surface area contributed by atoms with Crippen molar-refractivity contribution in [3.63, 3.8) is 0 Å². The molecule has 0 saturated carbocycles. The lowest BCUT2D eigenvalue weighted by Gasteiger charge is -2.18. The number of carbonyl (C=O) groups is 1. The van der Waals surface area contributed by atoms with E-state index in [1.807, 2.05) is 6.07 Å². The minimum Gasteiger partial charge on any atom is -0.504 e. The number of ketones is 1. The molecule has 1 aromatic carbocycles. The predicted molar refractivity (Wildman–Crippen MR) is 89.4 cm³/mol. The highest BCUT2D eigenvalue weighted by molar-refractivity contribution is 5.75. The first kappa shape index (κ1) is 18.5. The molecule has 1 aliphatic rings. The second kappa shape index (κ2) is 9.46. The molecule has 1 heterocycles. The Balaban J connectivity index is 0.000000295. The Hall–Kier alpha value is -1.55. The molecule has 4 nitrogen and oxygen atoms in total. The van der Waals surface area contributed by atoms with Gasteiger partial charge in [0.15, 0.2) is 11.5 Å². The number of aromatic hydroxyl groups is 2. The largest absolute Gasteiger partial charge is 0.504 e. The summed E-state index contributed by atoms with van der Waals surface area (Å²) in [4.78, 5) is 10.2. The quantitative estimate of drug-likeness (QED) is 0.725. The summed E-state index contributed by atoms with van der Waals surface area (Å²) in [6, 6.07) is 5.63. The minimum atomic E-state index is -0.0437. The van der Waals surface area contributed by atoms with Crippen molar-refractivity contribution in [2.75, 3.05) is 6.54 Å². The number of Topliss-reactive ketones (excluding diaryl/α,β-unsaturated/α-hetero) is 1. The molecule has 1 aliphatic heterocycles. The lowest BCUT2D eigenvalue weighted by Crippen LogP contribution is -2.24. The highest BCUT2D eigenvalue weighted by Crippen LogP contribution is 2.34. The summed E-state index contributed by atoms with van der Waals surface area (Å²) < 4.78 is 0. The van der Waals surface area contributed by atoms with E-state index in [0.29, 0.717) is 17.7 Å². The highest BCUT2D eigenvalue weighted by atomic mass is 16.3. The van der Waals surface area contributed by atoms with Gasteiger partial charge >= 0.3 is 0 Å². The van der Waals surface area contributed by atoms with Crippen molar-refractivity contribution < 1.29 is 15.0 Å². The standard InChI is InChI=1S/C12H17NO2.C6H12O/c1-2-10-9(5-6-13-10)8-3-4-11(14)12(15)7-8;1-3-4-5-6(2)7/h3-4,7,9-10,13-15H,2,5-6H2,1H3;3-5H2,1-2H3. The van der Waals surface area contributed by atoms with E-state index in [2.05, 4.69) is 19.2 Å². The molecule has 3 N–H and O–H groups in total. The van der Waals surface area contributed by atoms with Crippen molar-refractivity contribution in [1.82, 2.24) is 5.32 Å². The summed E-state index contributed by atoms with van der Waals surface area (Å²) >= 11 is 0. The normalized spacial score (nSPS) is 20.3. The third kappa shape index (κ3) is 5.68. The Morgan fingerprint density at radius 1 is 1.27 bits per heavy atom. The van der Waals surface area contributed by atoms with Gasteiger partial charge in [-0.3, -0.25) is 0 Å². The van der Waals surface area contributed by atoms with Gasteiger partial charge in [0.1, 0.15) is 5.78 Å². The molecular formula is C18H29NO3. The summed E-state index contributed by atoms with van der Waals surface area (Å²) in [6.45, 7) is 6.92. The molecule has 0 amide bonds. The predicted octanol–water partition coefficient (Wildman–Crippen LogP) is 3.72. The number of phenolic OH excluding ortho intramolecular Hbond substituents is 2. The van der Waals surface area contributed by atoms with Gasteiger partial charge in [0, 0.05) is 18.4 Å².